The zero-order valence-corrected chi connectivity index (χ0v) is 13.6. The lowest BCUT2D eigenvalue weighted by Crippen LogP contribution is -2.48. The second kappa shape index (κ2) is 7.44. The van der Waals surface area contributed by atoms with Gasteiger partial charge in [0, 0.05) is 37.6 Å². The van der Waals surface area contributed by atoms with Crippen LogP contribution in [0, 0.1) is 5.82 Å². The molecule has 2 amide bonds. The van der Waals surface area contributed by atoms with Crippen LogP contribution in [0.1, 0.15) is 18.1 Å². The summed E-state index contributed by atoms with van der Waals surface area (Å²) in [5, 5.41) is 2.88. The molecular weight excluding hydrogens is 311 g/mol. The van der Waals surface area contributed by atoms with Crippen molar-refractivity contribution in [2.24, 2.45) is 0 Å². The number of nitrogens with one attached hydrogen (secondary N) is 1. The third-order valence-corrected chi connectivity index (χ3v) is 3.99. The molecule has 0 radical (unpaired) electrons. The number of hydrogen-bond acceptors (Lipinski definition) is 3. The predicted octanol–water partition coefficient (Wildman–Crippen LogP) is 2.00. The van der Waals surface area contributed by atoms with Gasteiger partial charge in [-0.2, -0.15) is 0 Å². The summed E-state index contributed by atoms with van der Waals surface area (Å²) < 4.78 is 21.2. The van der Waals surface area contributed by atoms with Crippen molar-refractivity contribution < 1.29 is 13.9 Å². The maximum Gasteiger partial charge on any atom is 0.317 e. The van der Waals surface area contributed by atoms with E-state index in [9.17, 15) is 9.18 Å². The summed E-state index contributed by atoms with van der Waals surface area (Å²) in [6, 6.07) is 4.78. The monoisotopic (exact) mass is 332 g/mol. The number of hydrogen-bond donors (Lipinski definition) is 1. The van der Waals surface area contributed by atoms with E-state index < -0.39 is 0 Å². The van der Waals surface area contributed by atoms with E-state index in [-0.39, 0.29) is 18.0 Å². The first kappa shape index (κ1) is 16.4. The van der Waals surface area contributed by atoms with Crippen molar-refractivity contribution in [3.63, 3.8) is 0 Å². The van der Waals surface area contributed by atoms with Crippen LogP contribution in [-0.4, -0.2) is 46.3 Å². The second-order valence-electron chi connectivity index (χ2n) is 5.95. The minimum absolute atomic E-state index is 0.0529. The lowest BCUT2D eigenvalue weighted by atomic mass is 10.1. The molecule has 128 valence electrons. The molecule has 2 heterocycles. The van der Waals surface area contributed by atoms with Gasteiger partial charge < -0.3 is 19.5 Å². The Balaban J connectivity index is 1.59. The molecule has 1 aromatic carbocycles. The highest BCUT2D eigenvalue weighted by Crippen LogP contribution is 2.13. The van der Waals surface area contributed by atoms with Crippen molar-refractivity contribution in [3.05, 3.63) is 53.9 Å². The molecule has 7 heteroatoms. The molecular formula is C17H21FN4O2. The van der Waals surface area contributed by atoms with Crippen LogP contribution in [0.2, 0.25) is 0 Å². The third kappa shape index (κ3) is 4.11. The molecule has 0 saturated carbocycles. The fourth-order valence-corrected chi connectivity index (χ4v) is 2.73. The zero-order chi connectivity index (χ0) is 16.9. The van der Waals surface area contributed by atoms with E-state index in [0.29, 0.717) is 38.3 Å². The lowest BCUT2D eigenvalue weighted by Gasteiger charge is -2.31. The Kier molecular flexibility index (Phi) is 5.10. The fraction of sp³-hybridized carbons (Fsp3) is 0.412. The number of nitrogens with zero attached hydrogens (tertiary/aromatic N) is 3. The van der Waals surface area contributed by atoms with Crippen LogP contribution >= 0.6 is 0 Å². The van der Waals surface area contributed by atoms with Gasteiger partial charge in [-0.1, -0.05) is 6.07 Å². The van der Waals surface area contributed by atoms with Crippen molar-refractivity contribution in [1.82, 2.24) is 19.8 Å². The van der Waals surface area contributed by atoms with Crippen molar-refractivity contribution in [1.29, 1.82) is 0 Å². The summed E-state index contributed by atoms with van der Waals surface area (Å²) in [6.45, 7) is 4.45. The molecule has 1 aliphatic heterocycles. The molecule has 0 aliphatic carbocycles. The molecule has 24 heavy (non-hydrogen) atoms. The van der Waals surface area contributed by atoms with E-state index in [2.05, 4.69) is 10.3 Å². The van der Waals surface area contributed by atoms with Crippen LogP contribution < -0.4 is 5.32 Å². The lowest BCUT2D eigenvalue weighted by molar-refractivity contribution is -0.00351. The number of halogens is 1. The number of aromatic nitrogens is 2. The van der Waals surface area contributed by atoms with Crippen LogP contribution in [0.5, 0.6) is 0 Å². The first-order chi connectivity index (χ1) is 11.6. The number of ether oxygens (including phenoxy) is 1. The minimum Gasteiger partial charge on any atom is -0.375 e. The van der Waals surface area contributed by atoms with E-state index in [1.54, 1.807) is 40.3 Å². The maximum atomic E-state index is 14.0. The standard InChI is InChI=1S/C17H21FN4O2/c1-13-10-22(6-7-24-13)17(23)20-9-14-2-3-16(18)15(8-14)11-21-5-4-19-12-21/h2-5,8,12-13H,6-7,9-11H2,1H3,(H,20,23)/t13-/m0/s1. The van der Waals surface area contributed by atoms with Crippen molar-refractivity contribution in [2.45, 2.75) is 26.1 Å². The minimum atomic E-state index is -0.263. The van der Waals surface area contributed by atoms with Gasteiger partial charge in [-0.3, -0.25) is 0 Å². The molecule has 0 spiro atoms. The summed E-state index contributed by atoms with van der Waals surface area (Å²) in [5.74, 6) is -0.263. The maximum absolute atomic E-state index is 14.0. The highest BCUT2D eigenvalue weighted by atomic mass is 19.1. The van der Waals surface area contributed by atoms with Crippen molar-refractivity contribution in [2.75, 3.05) is 19.7 Å². The van der Waals surface area contributed by atoms with Crippen molar-refractivity contribution in [3.8, 4) is 0 Å². The van der Waals surface area contributed by atoms with Gasteiger partial charge in [-0.05, 0) is 24.6 Å². The predicted molar refractivity (Wildman–Crippen MR) is 87.0 cm³/mol. The molecule has 1 N–H and O–H groups in total. The first-order valence-electron chi connectivity index (χ1n) is 7.99. The molecule has 1 aliphatic rings. The third-order valence-electron chi connectivity index (χ3n) is 3.99. The smallest absolute Gasteiger partial charge is 0.317 e. The zero-order valence-electron chi connectivity index (χ0n) is 13.6. The summed E-state index contributed by atoms with van der Waals surface area (Å²) in [6.07, 6.45) is 5.14. The van der Waals surface area contributed by atoms with E-state index in [4.69, 9.17) is 4.74 Å². The van der Waals surface area contributed by atoms with Crippen LogP contribution in [0.4, 0.5) is 9.18 Å². The largest absolute Gasteiger partial charge is 0.375 e. The topological polar surface area (TPSA) is 59.4 Å². The summed E-state index contributed by atoms with van der Waals surface area (Å²) >= 11 is 0. The van der Waals surface area contributed by atoms with Gasteiger partial charge in [0.25, 0.3) is 0 Å². The Bertz CT molecular complexity index is 690. The number of benzene rings is 1. The molecule has 0 bridgehead atoms. The number of carbonyl (C=O) groups excluding carboxylic acids is 1. The van der Waals surface area contributed by atoms with E-state index in [1.807, 2.05) is 6.92 Å². The van der Waals surface area contributed by atoms with Crippen LogP contribution in [0.15, 0.2) is 36.9 Å². The molecule has 1 saturated heterocycles. The highest BCUT2D eigenvalue weighted by molar-refractivity contribution is 5.74. The molecule has 3 rings (SSSR count). The van der Waals surface area contributed by atoms with E-state index >= 15 is 0 Å². The Morgan fingerprint density at radius 2 is 2.38 bits per heavy atom. The van der Waals surface area contributed by atoms with Crippen molar-refractivity contribution >= 4 is 6.03 Å². The molecule has 0 unspecified atom stereocenters. The number of rotatable bonds is 4. The number of carbonyl (C=O) groups is 1. The average molecular weight is 332 g/mol. The van der Waals surface area contributed by atoms with E-state index in [1.165, 1.54) is 6.07 Å². The number of amides is 2. The summed E-state index contributed by atoms with van der Waals surface area (Å²) in [5.41, 5.74) is 1.43. The van der Waals surface area contributed by atoms with Gasteiger partial charge in [0.2, 0.25) is 0 Å². The van der Waals surface area contributed by atoms with Gasteiger partial charge in [0.1, 0.15) is 5.82 Å². The van der Waals surface area contributed by atoms with Crippen LogP contribution in [0.25, 0.3) is 0 Å². The second-order valence-corrected chi connectivity index (χ2v) is 5.95. The highest BCUT2D eigenvalue weighted by Gasteiger charge is 2.20. The SMILES string of the molecule is C[C@H]1CN(C(=O)NCc2ccc(F)c(Cn3ccnc3)c2)CCO1. The fourth-order valence-electron chi connectivity index (χ4n) is 2.73. The Morgan fingerprint density at radius 1 is 1.50 bits per heavy atom. The number of morpholine rings is 1. The quantitative estimate of drug-likeness (QED) is 0.932. The van der Waals surface area contributed by atoms with Crippen LogP contribution in [-0.2, 0) is 17.8 Å². The molecule has 2 aromatic rings. The molecule has 1 fully saturated rings. The first-order valence-corrected chi connectivity index (χ1v) is 7.99. The van der Waals surface area contributed by atoms with Gasteiger partial charge in [0.05, 0.1) is 25.6 Å². The molecule has 1 atom stereocenters. The summed E-state index contributed by atoms with van der Waals surface area (Å²) in [4.78, 5) is 17.9. The number of urea groups is 1. The van der Waals surface area contributed by atoms with Gasteiger partial charge in [-0.15, -0.1) is 0 Å². The Hall–Kier alpha value is -2.41. The number of imidazole rings is 1. The average Bonchev–Trinajstić information content (AvgIpc) is 3.08. The Labute approximate surface area is 140 Å². The molecule has 6 nitrogen and oxygen atoms in total. The van der Waals surface area contributed by atoms with Gasteiger partial charge in [-0.25, -0.2) is 14.2 Å². The molecule has 1 aromatic heterocycles. The van der Waals surface area contributed by atoms with Gasteiger partial charge >= 0.3 is 6.03 Å². The normalized spacial score (nSPS) is 17.8. The Morgan fingerprint density at radius 3 is 3.12 bits per heavy atom. The summed E-state index contributed by atoms with van der Waals surface area (Å²) in [7, 11) is 0. The van der Waals surface area contributed by atoms with E-state index in [0.717, 1.165) is 5.56 Å². The van der Waals surface area contributed by atoms with Crippen LogP contribution in [0.3, 0.4) is 0 Å². The van der Waals surface area contributed by atoms with Gasteiger partial charge in [0.15, 0.2) is 0 Å².